The van der Waals surface area contributed by atoms with Gasteiger partial charge in [0, 0.05) is 21.4 Å². The number of nitro groups is 1. The fourth-order valence-electron chi connectivity index (χ4n) is 2.68. The van der Waals surface area contributed by atoms with Gasteiger partial charge in [0.25, 0.3) is 5.69 Å². The first-order valence-corrected chi connectivity index (χ1v) is 10.1. The Morgan fingerprint density at radius 3 is 1.57 bits per heavy atom. The number of hydrogen-bond acceptors (Lipinski definition) is 4. The van der Waals surface area contributed by atoms with Crippen molar-refractivity contribution in [3.8, 4) is 0 Å². The fraction of sp³-hybridized carbons (Fsp3) is 0. The van der Waals surface area contributed by atoms with Crippen LogP contribution in [0.1, 0.15) is 15.9 Å². The Hall–Kier alpha value is -3.70. The molecule has 0 fully saturated rings. The summed E-state index contributed by atoms with van der Waals surface area (Å²) in [6.07, 6.45) is 0. The van der Waals surface area contributed by atoms with E-state index >= 15 is 0 Å². The predicted molar refractivity (Wildman–Crippen MR) is 120 cm³/mol. The predicted octanol–water partition coefficient (Wildman–Crippen LogP) is 6.66. The van der Waals surface area contributed by atoms with Gasteiger partial charge in [-0.3, -0.25) is 14.9 Å². The molecule has 0 spiro atoms. The first kappa shape index (κ1) is 21.0. The molecule has 4 aromatic rings. The Labute approximate surface area is 179 Å². The minimum atomic E-state index is -0.545. The van der Waals surface area contributed by atoms with Crippen LogP contribution in [0.15, 0.2) is 125 Å². The highest BCUT2D eigenvalue weighted by atomic mass is 32.2. The maximum absolute atomic E-state index is 12.1. The molecule has 4 nitrogen and oxygen atoms in total. The SMILES string of the molecule is O=C(c1ccccc1)c1ccccc1[N+](=O)[O-].c1ccc(Sc2ccccc2)cc1. The third-order valence-electron chi connectivity index (χ3n) is 4.10. The second-order valence-corrected chi connectivity index (χ2v) is 7.34. The zero-order valence-electron chi connectivity index (χ0n) is 16.0. The van der Waals surface area contributed by atoms with Crippen molar-refractivity contribution in [3.05, 3.63) is 137 Å². The van der Waals surface area contributed by atoms with Gasteiger partial charge >= 0.3 is 0 Å². The molecule has 0 saturated carbocycles. The summed E-state index contributed by atoms with van der Waals surface area (Å²) in [6.45, 7) is 0. The third kappa shape index (κ3) is 5.90. The maximum atomic E-state index is 12.1. The van der Waals surface area contributed by atoms with Crippen LogP contribution in [0.25, 0.3) is 0 Å². The van der Waals surface area contributed by atoms with Crippen LogP contribution >= 0.6 is 11.8 Å². The summed E-state index contributed by atoms with van der Waals surface area (Å²) in [6, 6.07) is 35.3. The lowest BCUT2D eigenvalue weighted by Crippen LogP contribution is -2.04. The van der Waals surface area contributed by atoms with E-state index in [1.165, 1.54) is 21.9 Å². The Morgan fingerprint density at radius 1 is 0.633 bits per heavy atom. The van der Waals surface area contributed by atoms with Gasteiger partial charge in [0.15, 0.2) is 5.78 Å². The van der Waals surface area contributed by atoms with Crippen molar-refractivity contribution >= 4 is 23.2 Å². The van der Waals surface area contributed by atoms with E-state index < -0.39 is 4.92 Å². The van der Waals surface area contributed by atoms with Gasteiger partial charge in [-0.05, 0) is 30.3 Å². The third-order valence-corrected chi connectivity index (χ3v) is 5.12. The number of para-hydroxylation sites is 1. The molecule has 0 amide bonds. The smallest absolute Gasteiger partial charge is 0.280 e. The molecule has 148 valence electrons. The van der Waals surface area contributed by atoms with E-state index in [1.807, 2.05) is 12.1 Å². The van der Waals surface area contributed by atoms with Crippen LogP contribution in [0, 0.1) is 10.1 Å². The van der Waals surface area contributed by atoms with Crippen LogP contribution in [0.4, 0.5) is 5.69 Å². The standard InChI is InChI=1S/C13H9NO3.C12H10S/c15-13(10-6-2-1-3-7-10)11-8-4-5-9-12(11)14(16)17;1-3-7-11(8-4-1)13-12-9-5-2-6-10-12/h1-9H;1-10H. The number of nitrogens with zero attached hydrogens (tertiary/aromatic N) is 1. The Kier molecular flexibility index (Phi) is 7.52. The quantitative estimate of drug-likeness (QED) is 0.208. The van der Waals surface area contributed by atoms with E-state index in [4.69, 9.17) is 0 Å². The van der Waals surface area contributed by atoms with Crippen LogP contribution < -0.4 is 0 Å². The molecule has 0 radical (unpaired) electrons. The number of nitro benzene ring substituents is 1. The molecular formula is C25H19NO3S. The normalized spacial score (nSPS) is 9.87. The van der Waals surface area contributed by atoms with Crippen molar-refractivity contribution < 1.29 is 9.72 Å². The molecule has 0 saturated heterocycles. The summed E-state index contributed by atoms with van der Waals surface area (Å²) < 4.78 is 0. The number of ketones is 1. The second kappa shape index (κ2) is 10.7. The number of rotatable bonds is 5. The Bertz CT molecular complexity index is 1060. The number of hydrogen-bond donors (Lipinski definition) is 0. The minimum absolute atomic E-state index is 0.115. The highest BCUT2D eigenvalue weighted by Crippen LogP contribution is 2.26. The van der Waals surface area contributed by atoms with E-state index in [-0.39, 0.29) is 17.0 Å². The van der Waals surface area contributed by atoms with Crippen LogP contribution in [-0.2, 0) is 0 Å². The number of carbonyl (C=O) groups is 1. The van der Waals surface area contributed by atoms with E-state index in [1.54, 1.807) is 54.2 Å². The molecular weight excluding hydrogens is 394 g/mol. The molecule has 0 N–H and O–H groups in total. The van der Waals surface area contributed by atoms with Crippen LogP contribution in [0.3, 0.4) is 0 Å². The maximum Gasteiger partial charge on any atom is 0.280 e. The lowest BCUT2D eigenvalue weighted by Gasteiger charge is -2.01. The van der Waals surface area contributed by atoms with Crippen LogP contribution in [0.2, 0.25) is 0 Å². The van der Waals surface area contributed by atoms with E-state index in [2.05, 4.69) is 48.5 Å². The zero-order chi connectivity index (χ0) is 21.2. The summed E-state index contributed by atoms with van der Waals surface area (Å²) in [5, 5.41) is 10.8. The minimum Gasteiger partial charge on any atom is -0.288 e. The summed E-state index contributed by atoms with van der Waals surface area (Å²) in [5.41, 5.74) is 0.395. The molecule has 4 aromatic carbocycles. The highest BCUT2D eigenvalue weighted by Gasteiger charge is 2.19. The first-order chi connectivity index (χ1) is 14.6. The van der Waals surface area contributed by atoms with Crippen molar-refractivity contribution in [1.29, 1.82) is 0 Å². The van der Waals surface area contributed by atoms with Gasteiger partial charge in [-0.2, -0.15) is 0 Å². The average Bonchev–Trinajstić information content (AvgIpc) is 2.81. The molecule has 0 aromatic heterocycles. The Morgan fingerprint density at radius 2 is 1.07 bits per heavy atom. The van der Waals surface area contributed by atoms with Crippen molar-refractivity contribution in [2.75, 3.05) is 0 Å². The topological polar surface area (TPSA) is 60.2 Å². The second-order valence-electron chi connectivity index (χ2n) is 6.20. The largest absolute Gasteiger partial charge is 0.288 e. The summed E-state index contributed by atoms with van der Waals surface area (Å²) in [5.74, 6) is -0.335. The fourth-order valence-corrected chi connectivity index (χ4v) is 3.54. The monoisotopic (exact) mass is 413 g/mol. The lowest BCUT2D eigenvalue weighted by atomic mass is 10.0. The number of benzene rings is 4. The summed E-state index contributed by atoms with van der Waals surface area (Å²) in [4.78, 5) is 24.9. The van der Waals surface area contributed by atoms with E-state index in [0.29, 0.717) is 5.56 Å². The van der Waals surface area contributed by atoms with Gasteiger partial charge in [0.1, 0.15) is 5.56 Å². The van der Waals surface area contributed by atoms with Gasteiger partial charge < -0.3 is 0 Å². The first-order valence-electron chi connectivity index (χ1n) is 9.26. The molecule has 4 rings (SSSR count). The van der Waals surface area contributed by atoms with Gasteiger partial charge in [0.05, 0.1) is 4.92 Å². The molecule has 0 atom stereocenters. The lowest BCUT2D eigenvalue weighted by molar-refractivity contribution is -0.385. The van der Waals surface area contributed by atoms with Gasteiger partial charge in [-0.25, -0.2) is 0 Å². The molecule has 0 bridgehead atoms. The van der Waals surface area contributed by atoms with E-state index in [0.717, 1.165) is 0 Å². The molecule has 0 aliphatic rings. The van der Waals surface area contributed by atoms with E-state index in [9.17, 15) is 14.9 Å². The zero-order valence-corrected chi connectivity index (χ0v) is 16.9. The molecule has 0 aliphatic carbocycles. The van der Waals surface area contributed by atoms with Gasteiger partial charge in [-0.1, -0.05) is 90.6 Å². The van der Waals surface area contributed by atoms with Crippen LogP contribution in [-0.4, -0.2) is 10.7 Å². The Balaban J connectivity index is 0.000000177. The summed E-state index contributed by atoms with van der Waals surface area (Å²) in [7, 11) is 0. The van der Waals surface area contributed by atoms with Crippen molar-refractivity contribution in [1.82, 2.24) is 0 Å². The van der Waals surface area contributed by atoms with Crippen molar-refractivity contribution in [3.63, 3.8) is 0 Å². The molecule has 5 heteroatoms. The van der Waals surface area contributed by atoms with Gasteiger partial charge in [0.2, 0.25) is 0 Å². The van der Waals surface area contributed by atoms with Crippen LogP contribution in [0.5, 0.6) is 0 Å². The van der Waals surface area contributed by atoms with Gasteiger partial charge in [-0.15, -0.1) is 0 Å². The molecule has 0 heterocycles. The average molecular weight is 413 g/mol. The molecule has 0 aliphatic heterocycles. The molecule has 0 unspecified atom stereocenters. The number of carbonyl (C=O) groups excluding carboxylic acids is 1. The molecule has 30 heavy (non-hydrogen) atoms. The van der Waals surface area contributed by atoms with Crippen molar-refractivity contribution in [2.45, 2.75) is 9.79 Å². The van der Waals surface area contributed by atoms with Crippen molar-refractivity contribution in [2.24, 2.45) is 0 Å². The highest BCUT2D eigenvalue weighted by molar-refractivity contribution is 7.99. The summed E-state index contributed by atoms with van der Waals surface area (Å²) >= 11 is 1.79.